The lowest BCUT2D eigenvalue weighted by molar-refractivity contribution is -0.141. The summed E-state index contributed by atoms with van der Waals surface area (Å²) in [6, 6.07) is -1.59. The minimum absolute atomic E-state index is 0.106. The number of rotatable bonds is 8. The largest absolute Gasteiger partial charge is 0.480 e. The van der Waals surface area contributed by atoms with Crippen molar-refractivity contribution in [2.24, 2.45) is 11.5 Å². The molecule has 9 heteroatoms. The van der Waals surface area contributed by atoms with Crippen molar-refractivity contribution in [2.75, 3.05) is 12.3 Å². The fraction of sp³-hybridized carbons (Fsp3) is 0.727. The third-order valence-electron chi connectivity index (χ3n) is 2.14. The maximum atomic E-state index is 10.3. The molecule has 0 aliphatic carbocycles. The smallest absolute Gasteiger partial charge is 0.327 e. The van der Waals surface area contributed by atoms with Gasteiger partial charge in [-0.3, -0.25) is 9.59 Å². The van der Waals surface area contributed by atoms with E-state index in [-0.39, 0.29) is 11.7 Å². The number of aliphatic carboxylic acids is 2. The molecule has 1 amide bonds. The molecule has 0 radical (unpaired) electrons. The molecule has 0 aromatic carbocycles. The van der Waals surface area contributed by atoms with Gasteiger partial charge in [0.2, 0.25) is 5.91 Å². The van der Waals surface area contributed by atoms with Gasteiger partial charge in [0.1, 0.15) is 12.1 Å². The van der Waals surface area contributed by atoms with Crippen LogP contribution in [0.3, 0.4) is 0 Å². The van der Waals surface area contributed by atoms with Crippen LogP contribution in [0, 0.1) is 0 Å². The van der Waals surface area contributed by atoms with Crippen molar-refractivity contribution in [2.45, 2.75) is 38.3 Å². The molecule has 0 rings (SSSR count). The number of thiol groups is 1. The van der Waals surface area contributed by atoms with Gasteiger partial charge < -0.3 is 27.0 Å². The molecule has 0 aromatic heterocycles. The Kier molecular flexibility index (Phi) is 13.3. The number of nitrogens with two attached hydrogens (primary N) is 2. The second-order valence-corrected chi connectivity index (χ2v) is 4.37. The van der Waals surface area contributed by atoms with E-state index >= 15 is 0 Å². The van der Waals surface area contributed by atoms with E-state index < -0.39 is 24.0 Å². The van der Waals surface area contributed by atoms with E-state index in [1.807, 2.05) is 0 Å². The van der Waals surface area contributed by atoms with Crippen LogP contribution in [0.15, 0.2) is 0 Å². The molecular formula is C11H23N3O5S. The lowest BCUT2D eigenvalue weighted by Crippen LogP contribution is -2.40. The Labute approximate surface area is 123 Å². The SMILES string of the molecule is CC(=O)N[C@@H](CS)C(=O)O.NCCCCC(N)C(=O)O. The molecule has 0 bridgehead atoms. The van der Waals surface area contributed by atoms with Crippen LogP contribution in [0.5, 0.6) is 0 Å². The zero-order chi connectivity index (χ0) is 16.1. The second kappa shape index (κ2) is 12.7. The summed E-state index contributed by atoms with van der Waals surface area (Å²) < 4.78 is 0. The summed E-state index contributed by atoms with van der Waals surface area (Å²) in [5, 5.41) is 18.9. The van der Waals surface area contributed by atoms with E-state index in [9.17, 15) is 14.4 Å². The highest BCUT2D eigenvalue weighted by molar-refractivity contribution is 7.80. The summed E-state index contributed by atoms with van der Waals surface area (Å²) in [5.41, 5.74) is 10.4. The van der Waals surface area contributed by atoms with Crippen LogP contribution < -0.4 is 16.8 Å². The first-order valence-corrected chi connectivity index (χ1v) is 6.68. The molecule has 0 aliphatic heterocycles. The highest BCUT2D eigenvalue weighted by Gasteiger charge is 2.15. The number of carbonyl (C=O) groups is 3. The van der Waals surface area contributed by atoms with Gasteiger partial charge in [-0.25, -0.2) is 4.79 Å². The second-order valence-electron chi connectivity index (χ2n) is 4.00. The van der Waals surface area contributed by atoms with Gasteiger partial charge in [0.25, 0.3) is 0 Å². The molecular weight excluding hydrogens is 286 g/mol. The van der Waals surface area contributed by atoms with Gasteiger partial charge in [0.15, 0.2) is 0 Å². The third-order valence-corrected chi connectivity index (χ3v) is 2.51. The first-order chi connectivity index (χ1) is 9.26. The number of amides is 1. The highest BCUT2D eigenvalue weighted by atomic mass is 32.1. The molecule has 20 heavy (non-hydrogen) atoms. The van der Waals surface area contributed by atoms with Crippen molar-refractivity contribution in [3.05, 3.63) is 0 Å². The van der Waals surface area contributed by atoms with E-state index in [4.69, 9.17) is 21.7 Å². The highest BCUT2D eigenvalue weighted by Crippen LogP contribution is 1.96. The van der Waals surface area contributed by atoms with E-state index in [0.29, 0.717) is 13.0 Å². The number of carboxylic acid groups (broad SMARTS) is 2. The number of hydrogen-bond acceptors (Lipinski definition) is 6. The molecule has 0 fully saturated rings. The van der Waals surface area contributed by atoms with Crippen molar-refractivity contribution in [3.63, 3.8) is 0 Å². The van der Waals surface area contributed by atoms with Crippen molar-refractivity contribution < 1.29 is 24.6 Å². The number of unbranched alkanes of at least 4 members (excludes halogenated alkanes) is 1. The summed E-state index contributed by atoms with van der Waals surface area (Å²) in [6.07, 6.45) is 2.16. The quantitative estimate of drug-likeness (QED) is 0.249. The number of nitrogens with one attached hydrogen (secondary N) is 1. The molecule has 0 heterocycles. The molecule has 0 saturated carbocycles. The van der Waals surface area contributed by atoms with Crippen LogP contribution in [0.4, 0.5) is 0 Å². The molecule has 2 atom stereocenters. The minimum Gasteiger partial charge on any atom is -0.480 e. The standard InChI is InChI=1S/C6H14N2O2.C5H9NO3S/c7-4-2-1-3-5(8)6(9)10;1-3(7)6-4(2-10)5(8)9/h5H,1-4,7-8H2,(H,9,10);4,10H,2H2,1H3,(H,6,7)(H,8,9)/t;4-/m.0/s1. The van der Waals surface area contributed by atoms with E-state index in [0.717, 1.165) is 12.8 Å². The Balaban J connectivity index is 0. The summed E-state index contributed by atoms with van der Waals surface area (Å²) in [4.78, 5) is 30.6. The van der Waals surface area contributed by atoms with Gasteiger partial charge >= 0.3 is 11.9 Å². The molecule has 7 N–H and O–H groups in total. The molecule has 1 unspecified atom stereocenters. The fourth-order valence-corrected chi connectivity index (χ4v) is 1.31. The average molecular weight is 309 g/mol. The maximum Gasteiger partial charge on any atom is 0.327 e. The Morgan fingerprint density at radius 3 is 2.00 bits per heavy atom. The normalized spacial score (nSPS) is 12.6. The van der Waals surface area contributed by atoms with Crippen LogP contribution in [-0.4, -0.2) is 52.4 Å². The lowest BCUT2D eigenvalue weighted by Gasteiger charge is -2.08. The van der Waals surface area contributed by atoms with E-state index in [1.165, 1.54) is 6.92 Å². The molecule has 118 valence electrons. The summed E-state index contributed by atoms with van der Waals surface area (Å²) >= 11 is 3.73. The predicted octanol–water partition coefficient (Wildman–Crippen LogP) is -0.967. The van der Waals surface area contributed by atoms with Crippen LogP contribution in [0.2, 0.25) is 0 Å². The number of carbonyl (C=O) groups excluding carboxylic acids is 1. The van der Waals surface area contributed by atoms with Gasteiger partial charge in [0, 0.05) is 12.7 Å². The molecule has 0 saturated heterocycles. The Morgan fingerprint density at radius 2 is 1.75 bits per heavy atom. The monoisotopic (exact) mass is 309 g/mol. The van der Waals surface area contributed by atoms with Crippen LogP contribution in [0.25, 0.3) is 0 Å². The van der Waals surface area contributed by atoms with Crippen LogP contribution in [0.1, 0.15) is 26.2 Å². The van der Waals surface area contributed by atoms with E-state index in [2.05, 4.69) is 17.9 Å². The first-order valence-electron chi connectivity index (χ1n) is 6.05. The first kappa shape index (κ1) is 21.0. The average Bonchev–Trinajstić information content (AvgIpc) is 2.36. The lowest BCUT2D eigenvalue weighted by atomic mass is 10.1. The van der Waals surface area contributed by atoms with Crippen molar-refractivity contribution in [1.29, 1.82) is 0 Å². The zero-order valence-electron chi connectivity index (χ0n) is 11.4. The Bertz CT molecular complexity index is 314. The minimum atomic E-state index is -1.06. The van der Waals surface area contributed by atoms with Gasteiger partial charge in [-0.2, -0.15) is 12.6 Å². The number of carboxylic acids is 2. The van der Waals surface area contributed by atoms with Gasteiger partial charge in [-0.05, 0) is 19.4 Å². The molecule has 0 aromatic rings. The zero-order valence-corrected chi connectivity index (χ0v) is 12.3. The Hall–Kier alpha value is -1.32. The van der Waals surface area contributed by atoms with Gasteiger partial charge in [0.05, 0.1) is 0 Å². The molecule has 0 aliphatic rings. The summed E-state index contributed by atoms with van der Waals surface area (Å²) in [5.74, 6) is -2.25. The van der Waals surface area contributed by atoms with E-state index in [1.54, 1.807) is 0 Å². The van der Waals surface area contributed by atoms with Crippen LogP contribution in [-0.2, 0) is 14.4 Å². The van der Waals surface area contributed by atoms with Crippen molar-refractivity contribution in [1.82, 2.24) is 5.32 Å². The summed E-state index contributed by atoms with van der Waals surface area (Å²) in [6.45, 7) is 1.87. The van der Waals surface area contributed by atoms with Crippen LogP contribution >= 0.6 is 12.6 Å². The fourth-order valence-electron chi connectivity index (χ4n) is 1.06. The Morgan fingerprint density at radius 1 is 1.20 bits per heavy atom. The van der Waals surface area contributed by atoms with Gasteiger partial charge in [-0.1, -0.05) is 6.42 Å². The topological polar surface area (TPSA) is 156 Å². The number of hydrogen-bond donors (Lipinski definition) is 6. The maximum absolute atomic E-state index is 10.3. The third kappa shape index (κ3) is 13.1. The van der Waals surface area contributed by atoms with Crippen molar-refractivity contribution in [3.8, 4) is 0 Å². The summed E-state index contributed by atoms with van der Waals surface area (Å²) in [7, 11) is 0. The predicted molar refractivity (Wildman–Crippen MR) is 77.6 cm³/mol. The molecule has 0 spiro atoms. The molecule has 8 nitrogen and oxygen atoms in total. The van der Waals surface area contributed by atoms with Crippen molar-refractivity contribution >= 4 is 30.5 Å². The van der Waals surface area contributed by atoms with Gasteiger partial charge in [-0.15, -0.1) is 0 Å².